The fourth-order valence-corrected chi connectivity index (χ4v) is 5.61. The van der Waals surface area contributed by atoms with Gasteiger partial charge in [0.15, 0.2) is 0 Å². The van der Waals surface area contributed by atoms with Gasteiger partial charge in [0, 0.05) is 6.42 Å². The quantitative estimate of drug-likeness (QED) is 0.476. The molecule has 0 saturated heterocycles. The Balaban J connectivity index is 1.53. The Morgan fingerprint density at radius 1 is 1.05 bits per heavy atom. The van der Waals surface area contributed by atoms with E-state index in [0.717, 1.165) is 48.7 Å². The van der Waals surface area contributed by atoms with Gasteiger partial charge in [0.2, 0.25) is 0 Å². The first-order valence-electron chi connectivity index (χ1n) is 10.1. The summed E-state index contributed by atoms with van der Waals surface area (Å²) in [6.45, 7) is 5.13. The monoisotopic (exact) mass is 304 g/mol. The standard InChI is InChI=1S/C21H36O/c1-16(20-8-4-3-6-17(20)7-5-15-22)13-14-21(2,18-9-10-18)19-11-12-19/h15-20H,3-14H2,1-2H3. The summed E-state index contributed by atoms with van der Waals surface area (Å²) in [7, 11) is 0. The van der Waals surface area contributed by atoms with Crippen molar-refractivity contribution in [2.24, 2.45) is 35.0 Å². The second-order valence-corrected chi connectivity index (χ2v) is 9.02. The molecule has 3 saturated carbocycles. The summed E-state index contributed by atoms with van der Waals surface area (Å²) in [5, 5.41) is 0. The van der Waals surface area contributed by atoms with E-state index in [1.165, 1.54) is 64.2 Å². The fourth-order valence-electron chi connectivity index (χ4n) is 5.61. The first-order valence-corrected chi connectivity index (χ1v) is 10.1. The highest BCUT2D eigenvalue weighted by atomic mass is 16.1. The Bertz CT molecular complexity index is 354. The topological polar surface area (TPSA) is 17.1 Å². The summed E-state index contributed by atoms with van der Waals surface area (Å²) in [5.74, 6) is 4.72. The van der Waals surface area contributed by atoms with Crippen LogP contribution in [0.25, 0.3) is 0 Å². The average molecular weight is 305 g/mol. The third kappa shape index (κ3) is 3.77. The van der Waals surface area contributed by atoms with Gasteiger partial charge < -0.3 is 4.79 Å². The Hall–Kier alpha value is -0.330. The van der Waals surface area contributed by atoms with Crippen LogP contribution in [0, 0.1) is 35.0 Å². The number of carbonyl (C=O) groups excluding carboxylic acids is 1. The lowest BCUT2D eigenvalue weighted by molar-refractivity contribution is -0.108. The van der Waals surface area contributed by atoms with Crippen LogP contribution in [0.3, 0.4) is 0 Å². The summed E-state index contributed by atoms with van der Waals surface area (Å²) in [5.41, 5.74) is 0.682. The van der Waals surface area contributed by atoms with Gasteiger partial charge in [-0.1, -0.05) is 33.1 Å². The molecule has 0 spiro atoms. The summed E-state index contributed by atoms with van der Waals surface area (Å²) >= 11 is 0. The van der Waals surface area contributed by atoms with E-state index in [1.54, 1.807) is 0 Å². The molecule has 3 fully saturated rings. The number of hydrogen-bond acceptors (Lipinski definition) is 1. The molecular formula is C21H36O. The van der Waals surface area contributed by atoms with E-state index in [9.17, 15) is 4.79 Å². The third-order valence-electron chi connectivity index (χ3n) is 7.51. The molecular weight excluding hydrogens is 268 g/mol. The molecule has 3 atom stereocenters. The van der Waals surface area contributed by atoms with Crippen LogP contribution in [0.1, 0.15) is 90.9 Å². The number of aldehydes is 1. The van der Waals surface area contributed by atoms with Crippen LogP contribution in [0.4, 0.5) is 0 Å². The zero-order valence-electron chi connectivity index (χ0n) is 14.9. The van der Waals surface area contributed by atoms with Gasteiger partial charge in [-0.25, -0.2) is 0 Å². The van der Waals surface area contributed by atoms with Crippen molar-refractivity contribution in [3.63, 3.8) is 0 Å². The minimum Gasteiger partial charge on any atom is -0.303 e. The van der Waals surface area contributed by atoms with Crippen molar-refractivity contribution in [1.82, 2.24) is 0 Å². The van der Waals surface area contributed by atoms with Gasteiger partial charge in [0.1, 0.15) is 6.29 Å². The molecule has 126 valence electrons. The van der Waals surface area contributed by atoms with Crippen LogP contribution in [0.5, 0.6) is 0 Å². The number of carbonyl (C=O) groups is 1. The summed E-state index contributed by atoms with van der Waals surface area (Å²) in [6.07, 6.45) is 17.6. The Morgan fingerprint density at radius 3 is 2.27 bits per heavy atom. The van der Waals surface area contributed by atoms with Crippen molar-refractivity contribution in [2.45, 2.75) is 90.9 Å². The largest absolute Gasteiger partial charge is 0.303 e. The van der Waals surface area contributed by atoms with Crippen molar-refractivity contribution in [1.29, 1.82) is 0 Å². The third-order valence-corrected chi connectivity index (χ3v) is 7.51. The second kappa shape index (κ2) is 7.05. The highest BCUT2D eigenvalue weighted by Crippen LogP contribution is 2.60. The Morgan fingerprint density at radius 2 is 1.68 bits per heavy atom. The first-order chi connectivity index (χ1) is 10.6. The lowest BCUT2D eigenvalue weighted by atomic mass is 9.67. The van der Waals surface area contributed by atoms with E-state index in [1.807, 2.05) is 0 Å². The van der Waals surface area contributed by atoms with Gasteiger partial charge in [0.25, 0.3) is 0 Å². The lowest BCUT2D eigenvalue weighted by Crippen LogP contribution is -2.28. The smallest absolute Gasteiger partial charge is 0.120 e. The van der Waals surface area contributed by atoms with Gasteiger partial charge in [-0.2, -0.15) is 0 Å². The van der Waals surface area contributed by atoms with Crippen LogP contribution < -0.4 is 0 Å². The number of rotatable bonds is 9. The van der Waals surface area contributed by atoms with E-state index in [-0.39, 0.29) is 0 Å². The van der Waals surface area contributed by atoms with Gasteiger partial charge in [0.05, 0.1) is 0 Å². The van der Waals surface area contributed by atoms with Gasteiger partial charge >= 0.3 is 0 Å². The molecule has 0 amide bonds. The Labute approximate surface area is 137 Å². The SMILES string of the molecule is CC(CCC(C)(C1CC1)C1CC1)C1CCCCC1CCC=O. The van der Waals surface area contributed by atoms with E-state index in [2.05, 4.69) is 13.8 Å². The van der Waals surface area contributed by atoms with E-state index < -0.39 is 0 Å². The maximum absolute atomic E-state index is 10.7. The minimum atomic E-state index is 0.682. The summed E-state index contributed by atoms with van der Waals surface area (Å²) in [6, 6.07) is 0. The normalized spacial score (nSPS) is 31.0. The summed E-state index contributed by atoms with van der Waals surface area (Å²) in [4.78, 5) is 10.7. The van der Waals surface area contributed by atoms with E-state index in [4.69, 9.17) is 0 Å². The average Bonchev–Trinajstić information content (AvgIpc) is 3.42. The summed E-state index contributed by atoms with van der Waals surface area (Å²) < 4.78 is 0. The highest BCUT2D eigenvalue weighted by Gasteiger charge is 2.50. The molecule has 0 N–H and O–H groups in total. The zero-order valence-corrected chi connectivity index (χ0v) is 14.9. The van der Waals surface area contributed by atoms with Crippen LogP contribution in [0.2, 0.25) is 0 Å². The molecule has 0 heterocycles. The first kappa shape index (κ1) is 16.5. The maximum Gasteiger partial charge on any atom is 0.120 e. The molecule has 0 aromatic heterocycles. The second-order valence-electron chi connectivity index (χ2n) is 9.02. The predicted octanol–water partition coefficient (Wildman–Crippen LogP) is 6.01. The Kier molecular flexibility index (Phi) is 5.30. The predicted molar refractivity (Wildman–Crippen MR) is 92.7 cm³/mol. The molecule has 0 aliphatic heterocycles. The minimum absolute atomic E-state index is 0.682. The van der Waals surface area contributed by atoms with E-state index in [0.29, 0.717) is 5.41 Å². The lowest BCUT2D eigenvalue weighted by Gasteiger charge is -2.38. The molecule has 3 aliphatic carbocycles. The van der Waals surface area contributed by atoms with Crippen LogP contribution in [-0.4, -0.2) is 6.29 Å². The van der Waals surface area contributed by atoms with Crippen LogP contribution in [0.15, 0.2) is 0 Å². The zero-order chi connectivity index (χ0) is 15.6. The molecule has 1 heteroatoms. The van der Waals surface area contributed by atoms with Crippen molar-refractivity contribution in [3.8, 4) is 0 Å². The molecule has 3 rings (SSSR count). The maximum atomic E-state index is 10.7. The number of hydrogen-bond donors (Lipinski definition) is 0. The fraction of sp³-hybridized carbons (Fsp3) is 0.952. The molecule has 0 aromatic rings. The van der Waals surface area contributed by atoms with Crippen molar-refractivity contribution in [3.05, 3.63) is 0 Å². The van der Waals surface area contributed by atoms with E-state index >= 15 is 0 Å². The molecule has 0 radical (unpaired) electrons. The van der Waals surface area contributed by atoms with Gasteiger partial charge in [-0.05, 0) is 86.4 Å². The molecule has 3 aliphatic rings. The van der Waals surface area contributed by atoms with Crippen molar-refractivity contribution < 1.29 is 4.79 Å². The molecule has 22 heavy (non-hydrogen) atoms. The van der Waals surface area contributed by atoms with Crippen LogP contribution in [-0.2, 0) is 4.79 Å². The molecule has 3 unspecified atom stereocenters. The van der Waals surface area contributed by atoms with Gasteiger partial charge in [-0.3, -0.25) is 0 Å². The molecule has 1 nitrogen and oxygen atoms in total. The molecule has 0 bridgehead atoms. The van der Waals surface area contributed by atoms with Crippen molar-refractivity contribution >= 4 is 6.29 Å². The van der Waals surface area contributed by atoms with Gasteiger partial charge in [-0.15, -0.1) is 0 Å². The highest BCUT2D eigenvalue weighted by molar-refractivity contribution is 5.49. The molecule has 0 aromatic carbocycles. The van der Waals surface area contributed by atoms with Crippen LogP contribution >= 0.6 is 0 Å². The van der Waals surface area contributed by atoms with Crippen molar-refractivity contribution in [2.75, 3.05) is 0 Å².